The van der Waals surface area contributed by atoms with Crippen molar-refractivity contribution < 1.29 is 28.7 Å². The number of nitro benzene ring substituents is 1. The van der Waals surface area contributed by atoms with Crippen molar-refractivity contribution in [3.63, 3.8) is 0 Å². The molecular weight excluding hydrogens is 458 g/mol. The molecule has 0 spiro atoms. The number of nitrogens with two attached hydrogens (primary N) is 1. The third-order valence-electron chi connectivity index (χ3n) is 6.22. The van der Waals surface area contributed by atoms with Crippen LogP contribution in [0.1, 0.15) is 26.7 Å². The lowest BCUT2D eigenvalue weighted by atomic mass is 9.99. The number of nitrogens with zero attached hydrogens (tertiary/aromatic N) is 3. The van der Waals surface area contributed by atoms with Crippen molar-refractivity contribution in [3.05, 3.63) is 28.3 Å². The quantitative estimate of drug-likeness (QED) is 0.187. The predicted molar refractivity (Wildman–Crippen MR) is 129 cm³/mol. The van der Waals surface area contributed by atoms with E-state index in [1.165, 1.54) is 19.9 Å². The molecule has 0 aromatic heterocycles. The van der Waals surface area contributed by atoms with E-state index in [1.54, 1.807) is 12.1 Å². The Bertz CT molecular complexity index is 893. The van der Waals surface area contributed by atoms with E-state index in [1.807, 2.05) is 0 Å². The van der Waals surface area contributed by atoms with E-state index >= 15 is 0 Å². The van der Waals surface area contributed by atoms with Crippen molar-refractivity contribution >= 4 is 29.0 Å². The van der Waals surface area contributed by atoms with Gasteiger partial charge in [-0.05, 0) is 18.6 Å². The van der Waals surface area contributed by atoms with Gasteiger partial charge >= 0.3 is 11.9 Å². The molecule has 2 saturated heterocycles. The Balaban J connectivity index is 1.34. The molecule has 0 radical (unpaired) electrons. The SMILES string of the molecule is CC(=O)OCC1CC(OC(C)=O)CCN1CCOC1CN(CCNc2ccc(N)cc2[N+](=O)[O-])C1. The Morgan fingerprint density at radius 2 is 1.97 bits per heavy atom. The molecule has 1 aromatic rings. The molecule has 12 heteroatoms. The number of carbonyl (C=O) groups excluding carboxylic acids is 2. The smallest absolute Gasteiger partial charge is 0.302 e. The fourth-order valence-corrected chi connectivity index (χ4v) is 4.43. The number of esters is 2. The number of carbonyl (C=O) groups is 2. The van der Waals surface area contributed by atoms with Gasteiger partial charge in [-0.25, -0.2) is 0 Å². The molecule has 35 heavy (non-hydrogen) atoms. The van der Waals surface area contributed by atoms with Crippen molar-refractivity contribution in [2.75, 3.05) is 63.5 Å². The normalized spacial score (nSPS) is 21.2. The van der Waals surface area contributed by atoms with Crippen LogP contribution < -0.4 is 11.1 Å². The summed E-state index contributed by atoms with van der Waals surface area (Å²) in [4.78, 5) is 37.7. The summed E-state index contributed by atoms with van der Waals surface area (Å²) in [6.45, 7) is 7.99. The van der Waals surface area contributed by atoms with Gasteiger partial charge in [-0.3, -0.25) is 29.5 Å². The third-order valence-corrected chi connectivity index (χ3v) is 6.22. The van der Waals surface area contributed by atoms with Crippen LogP contribution in [-0.2, 0) is 23.8 Å². The van der Waals surface area contributed by atoms with Gasteiger partial charge in [0.2, 0.25) is 0 Å². The van der Waals surface area contributed by atoms with E-state index in [0.29, 0.717) is 37.5 Å². The van der Waals surface area contributed by atoms with Crippen molar-refractivity contribution in [2.24, 2.45) is 0 Å². The number of nitro groups is 1. The first-order valence-electron chi connectivity index (χ1n) is 11.9. The Kier molecular flexibility index (Phi) is 9.64. The fraction of sp³-hybridized carbons (Fsp3) is 0.652. The van der Waals surface area contributed by atoms with Gasteiger partial charge in [-0.1, -0.05) is 0 Å². The summed E-state index contributed by atoms with van der Waals surface area (Å²) in [5, 5.41) is 14.3. The highest BCUT2D eigenvalue weighted by atomic mass is 16.6. The maximum atomic E-state index is 11.3. The summed E-state index contributed by atoms with van der Waals surface area (Å²) >= 11 is 0. The zero-order chi connectivity index (χ0) is 25.4. The molecule has 2 aliphatic heterocycles. The second-order valence-electron chi connectivity index (χ2n) is 8.96. The minimum atomic E-state index is -0.443. The number of benzene rings is 1. The number of hydrogen-bond acceptors (Lipinski definition) is 11. The Labute approximate surface area is 204 Å². The Morgan fingerprint density at radius 3 is 2.66 bits per heavy atom. The molecule has 0 bridgehead atoms. The maximum absolute atomic E-state index is 11.3. The first kappa shape index (κ1) is 26.6. The average Bonchev–Trinajstić information content (AvgIpc) is 2.76. The van der Waals surface area contributed by atoms with Crippen LogP contribution in [0.3, 0.4) is 0 Å². The van der Waals surface area contributed by atoms with Gasteiger partial charge in [0.25, 0.3) is 5.69 Å². The third kappa shape index (κ3) is 8.34. The molecule has 2 atom stereocenters. The minimum absolute atomic E-state index is 0.0121. The number of rotatable bonds is 12. The molecule has 12 nitrogen and oxygen atoms in total. The van der Waals surface area contributed by atoms with Gasteiger partial charge in [-0.2, -0.15) is 0 Å². The lowest BCUT2D eigenvalue weighted by Crippen LogP contribution is -2.54. The maximum Gasteiger partial charge on any atom is 0.302 e. The fourth-order valence-electron chi connectivity index (χ4n) is 4.43. The number of anilines is 2. The van der Waals surface area contributed by atoms with Crippen molar-refractivity contribution in [1.82, 2.24) is 9.80 Å². The highest BCUT2D eigenvalue weighted by Crippen LogP contribution is 2.26. The van der Waals surface area contributed by atoms with Gasteiger partial charge in [-0.15, -0.1) is 0 Å². The molecule has 3 rings (SSSR count). The monoisotopic (exact) mass is 493 g/mol. The topological polar surface area (TPSA) is 150 Å². The molecule has 2 unspecified atom stereocenters. The summed E-state index contributed by atoms with van der Waals surface area (Å²) in [7, 11) is 0. The minimum Gasteiger partial charge on any atom is -0.464 e. The standard InChI is InChI=1S/C23H35N5O7/c1-16(29)34-15-19-12-20(35-17(2)30)5-7-27(19)9-10-33-21-13-26(14-21)8-6-25-22-4-3-18(24)11-23(22)28(31)32/h3-4,11,19-21,25H,5-10,12-15,24H2,1-2H3. The van der Waals surface area contributed by atoms with Crippen LogP contribution in [-0.4, -0.2) is 97.4 Å². The molecular formula is C23H35N5O7. The van der Waals surface area contributed by atoms with Crippen LogP contribution in [0.5, 0.6) is 0 Å². The predicted octanol–water partition coefficient (Wildman–Crippen LogP) is 1.25. The van der Waals surface area contributed by atoms with E-state index in [2.05, 4.69) is 15.1 Å². The van der Waals surface area contributed by atoms with E-state index in [9.17, 15) is 19.7 Å². The molecule has 0 aliphatic carbocycles. The highest BCUT2D eigenvalue weighted by Gasteiger charge is 2.32. The second kappa shape index (κ2) is 12.7. The van der Waals surface area contributed by atoms with E-state index in [4.69, 9.17) is 19.9 Å². The molecule has 1 aromatic carbocycles. The Hall–Kier alpha value is -2.96. The molecule has 2 aliphatic rings. The first-order chi connectivity index (χ1) is 16.7. The zero-order valence-electron chi connectivity index (χ0n) is 20.3. The lowest BCUT2D eigenvalue weighted by Gasteiger charge is -2.41. The summed E-state index contributed by atoms with van der Waals surface area (Å²) in [5.74, 6) is -0.625. The van der Waals surface area contributed by atoms with Crippen LogP contribution in [0.15, 0.2) is 18.2 Å². The molecule has 2 heterocycles. The van der Waals surface area contributed by atoms with E-state index < -0.39 is 4.92 Å². The van der Waals surface area contributed by atoms with Crippen LogP contribution in [0.2, 0.25) is 0 Å². The van der Waals surface area contributed by atoms with Crippen molar-refractivity contribution in [2.45, 2.75) is 44.9 Å². The number of likely N-dealkylation sites (tertiary alicyclic amines) is 2. The van der Waals surface area contributed by atoms with Gasteiger partial charge < -0.3 is 25.3 Å². The van der Waals surface area contributed by atoms with Crippen molar-refractivity contribution in [3.8, 4) is 0 Å². The number of piperidine rings is 1. The van der Waals surface area contributed by atoms with E-state index in [0.717, 1.165) is 32.6 Å². The molecule has 2 fully saturated rings. The van der Waals surface area contributed by atoms with Gasteiger partial charge in [0.05, 0.1) is 17.6 Å². The first-order valence-corrected chi connectivity index (χ1v) is 11.9. The average molecular weight is 494 g/mol. The van der Waals surface area contributed by atoms with Crippen LogP contribution >= 0.6 is 0 Å². The van der Waals surface area contributed by atoms with Gasteiger partial charge in [0.15, 0.2) is 0 Å². The number of nitrogens with one attached hydrogen (secondary N) is 1. The van der Waals surface area contributed by atoms with Gasteiger partial charge in [0, 0.05) is 77.3 Å². The second-order valence-corrected chi connectivity index (χ2v) is 8.96. The molecule has 0 saturated carbocycles. The molecule has 0 amide bonds. The van der Waals surface area contributed by atoms with Crippen molar-refractivity contribution in [1.29, 1.82) is 0 Å². The summed E-state index contributed by atoms with van der Waals surface area (Å²) in [6, 6.07) is 4.60. The summed E-state index contributed by atoms with van der Waals surface area (Å²) < 4.78 is 16.6. The van der Waals surface area contributed by atoms with E-state index in [-0.39, 0.29) is 42.5 Å². The summed E-state index contributed by atoms with van der Waals surface area (Å²) in [6.07, 6.45) is 1.36. The van der Waals surface area contributed by atoms with Crippen LogP contribution in [0, 0.1) is 10.1 Å². The zero-order valence-corrected chi connectivity index (χ0v) is 20.3. The number of nitrogen functional groups attached to an aromatic ring is 1. The van der Waals surface area contributed by atoms with Crippen LogP contribution in [0.25, 0.3) is 0 Å². The van der Waals surface area contributed by atoms with Crippen LogP contribution in [0.4, 0.5) is 17.1 Å². The molecule has 194 valence electrons. The lowest BCUT2D eigenvalue weighted by molar-refractivity contribution is -0.383. The number of ether oxygens (including phenoxy) is 3. The largest absolute Gasteiger partial charge is 0.464 e. The summed E-state index contributed by atoms with van der Waals surface area (Å²) in [5.41, 5.74) is 6.42. The molecule has 3 N–H and O–H groups in total. The van der Waals surface area contributed by atoms with Gasteiger partial charge in [0.1, 0.15) is 18.4 Å². The Morgan fingerprint density at radius 1 is 1.20 bits per heavy atom. The number of hydrogen-bond donors (Lipinski definition) is 2. The highest BCUT2D eigenvalue weighted by molar-refractivity contribution is 5.67.